The van der Waals surface area contributed by atoms with Crippen molar-refractivity contribution in [2.75, 3.05) is 0 Å². The molecule has 7 nitrogen and oxygen atoms in total. The van der Waals surface area contributed by atoms with Crippen LogP contribution in [0.25, 0.3) is 0 Å². The Morgan fingerprint density at radius 3 is 2.50 bits per heavy atom. The first kappa shape index (κ1) is 13.8. The summed E-state index contributed by atoms with van der Waals surface area (Å²) in [6.07, 6.45) is -1.07. The van der Waals surface area contributed by atoms with Crippen LogP contribution in [0.5, 0.6) is 11.5 Å². The second kappa shape index (κ2) is 5.37. The van der Waals surface area contributed by atoms with Crippen LogP contribution in [0, 0.1) is 0 Å². The fourth-order valence-corrected chi connectivity index (χ4v) is 1.20. The standard InChI is InChI=1S/C11H13NO6/c1-5(8(12)10(15)16)18-11(17)6-3-2-4-7(13)9(6)14/h2-5,8,13-14H,12H2,1H3,(H,15,16)/t5-,8-/m0/s1. The number of carboxylic acid groups (broad SMARTS) is 1. The van der Waals surface area contributed by atoms with Gasteiger partial charge in [-0.3, -0.25) is 4.79 Å². The Labute approximate surface area is 102 Å². The van der Waals surface area contributed by atoms with Crippen LogP contribution in [-0.2, 0) is 9.53 Å². The molecule has 0 amide bonds. The van der Waals surface area contributed by atoms with Crippen molar-refractivity contribution in [3.63, 3.8) is 0 Å². The molecule has 0 fully saturated rings. The van der Waals surface area contributed by atoms with Gasteiger partial charge in [-0.15, -0.1) is 0 Å². The maximum atomic E-state index is 11.6. The molecule has 0 bridgehead atoms. The Balaban J connectivity index is 2.83. The molecule has 0 spiro atoms. The lowest BCUT2D eigenvalue weighted by Gasteiger charge is -2.17. The first-order valence-corrected chi connectivity index (χ1v) is 5.05. The van der Waals surface area contributed by atoms with E-state index in [2.05, 4.69) is 0 Å². The molecule has 0 unspecified atom stereocenters. The number of benzene rings is 1. The van der Waals surface area contributed by atoms with Crippen LogP contribution < -0.4 is 5.73 Å². The van der Waals surface area contributed by atoms with E-state index in [1.165, 1.54) is 25.1 Å². The number of phenolic OH excluding ortho intramolecular Hbond substituents is 2. The number of phenols is 2. The molecular formula is C11H13NO6. The number of aromatic hydroxyl groups is 2. The highest BCUT2D eigenvalue weighted by atomic mass is 16.5. The van der Waals surface area contributed by atoms with Gasteiger partial charge in [0, 0.05) is 0 Å². The average Bonchev–Trinajstić information content (AvgIpc) is 2.31. The second-order valence-corrected chi connectivity index (χ2v) is 3.65. The summed E-state index contributed by atoms with van der Waals surface area (Å²) in [5.74, 6) is -3.37. The highest BCUT2D eigenvalue weighted by Crippen LogP contribution is 2.28. The van der Waals surface area contributed by atoms with Crippen LogP contribution in [0.3, 0.4) is 0 Å². The molecule has 0 aromatic heterocycles. The van der Waals surface area contributed by atoms with E-state index in [0.717, 1.165) is 0 Å². The largest absolute Gasteiger partial charge is 0.504 e. The van der Waals surface area contributed by atoms with Crippen molar-refractivity contribution in [2.24, 2.45) is 5.73 Å². The summed E-state index contributed by atoms with van der Waals surface area (Å²) in [6, 6.07) is 2.40. The minimum atomic E-state index is -1.37. The van der Waals surface area contributed by atoms with E-state index in [9.17, 15) is 19.8 Å². The number of carboxylic acids is 1. The van der Waals surface area contributed by atoms with Crippen molar-refractivity contribution in [3.8, 4) is 11.5 Å². The summed E-state index contributed by atoms with van der Waals surface area (Å²) >= 11 is 0. The molecule has 1 aromatic rings. The molecule has 0 radical (unpaired) electrons. The molecule has 0 aliphatic rings. The lowest BCUT2D eigenvalue weighted by atomic mass is 10.1. The van der Waals surface area contributed by atoms with Crippen LogP contribution in [0.4, 0.5) is 0 Å². The molecule has 0 saturated heterocycles. The van der Waals surface area contributed by atoms with Gasteiger partial charge in [-0.05, 0) is 19.1 Å². The van der Waals surface area contributed by atoms with E-state index < -0.39 is 35.6 Å². The van der Waals surface area contributed by atoms with Crippen molar-refractivity contribution >= 4 is 11.9 Å². The monoisotopic (exact) mass is 255 g/mol. The number of nitrogens with two attached hydrogens (primary N) is 1. The molecule has 0 heterocycles. The van der Waals surface area contributed by atoms with E-state index in [1.807, 2.05) is 0 Å². The zero-order valence-corrected chi connectivity index (χ0v) is 9.53. The molecular weight excluding hydrogens is 242 g/mol. The van der Waals surface area contributed by atoms with Gasteiger partial charge in [0.05, 0.1) is 0 Å². The van der Waals surface area contributed by atoms with Crippen LogP contribution in [-0.4, -0.2) is 39.4 Å². The summed E-state index contributed by atoms with van der Waals surface area (Å²) < 4.78 is 4.78. The lowest BCUT2D eigenvalue weighted by Crippen LogP contribution is -2.42. The number of para-hydroxylation sites is 1. The molecule has 0 aliphatic carbocycles. The summed E-state index contributed by atoms with van der Waals surface area (Å²) in [4.78, 5) is 22.2. The number of carbonyl (C=O) groups excluding carboxylic acids is 1. The van der Waals surface area contributed by atoms with Crippen molar-refractivity contribution in [1.29, 1.82) is 0 Å². The van der Waals surface area contributed by atoms with Gasteiger partial charge in [-0.2, -0.15) is 0 Å². The minimum Gasteiger partial charge on any atom is -0.504 e. The van der Waals surface area contributed by atoms with Crippen LogP contribution in [0.2, 0.25) is 0 Å². The molecule has 1 rings (SSSR count). The van der Waals surface area contributed by atoms with Crippen LogP contribution in [0.15, 0.2) is 18.2 Å². The van der Waals surface area contributed by atoms with Gasteiger partial charge in [0.1, 0.15) is 17.7 Å². The Hall–Kier alpha value is -2.28. The summed E-state index contributed by atoms with van der Waals surface area (Å²) in [6.45, 7) is 1.32. The second-order valence-electron chi connectivity index (χ2n) is 3.65. The number of carbonyl (C=O) groups is 2. The maximum Gasteiger partial charge on any atom is 0.342 e. The maximum absolute atomic E-state index is 11.6. The Morgan fingerprint density at radius 2 is 1.94 bits per heavy atom. The van der Waals surface area contributed by atoms with Gasteiger partial charge in [0.25, 0.3) is 0 Å². The lowest BCUT2D eigenvalue weighted by molar-refractivity contribution is -0.140. The molecule has 2 atom stereocenters. The predicted octanol–water partition coefficient (Wildman–Crippen LogP) is 0.0550. The number of ether oxygens (including phenoxy) is 1. The summed E-state index contributed by atoms with van der Waals surface area (Å²) in [5, 5.41) is 27.3. The molecule has 1 aromatic carbocycles. The van der Waals surface area contributed by atoms with Gasteiger partial charge in [0.15, 0.2) is 11.5 Å². The number of aliphatic carboxylic acids is 1. The fraction of sp³-hybridized carbons (Fsp3) is 0.273. The topological polar surface area (TPSA) is 130 Å². The third kappa shape index (κ3) is 2.89. The van der Waals surface area contributed by atoms with E-state index >= 15 is 0 Å². The quantitative estimate of drug-likeness (QED) is 0.442. The molecule has 5 N–H and O–H groups in total. The highest BCUT2D eigenvalue weighted by molar-refractivity contribution is 5.93. The fourth-order valence-electron chi connectivity index (χ4n) is 1.20. The molecule has 7 heteroatoms. The third-order valence-electron chi connectivity index (χ3n) is 2.32. The van der Waals surface area contributed by atoms with Gasteiger partial charge in [0.2, 0.25) is 0 Å². The number of hydrogen-bond donors (Lipinski definition) is 4. The van der Waals surface area contributed by atoms with Crippen molar-refractivity contribution < 1.29 is 29.6 Å². The predicted molar refractivity (Wildman–Crippen MR) is 60.3 cm³/mol. The molecule has 98 valence electrons. The molecule has 0 aliphatic heterocycles. The number of rotatable bonds is 4. The Morgan fingerprint density at radius 1 is 1.33 bits per heavy atom. The minimum absolute atomic E-state index is 0.264. The van der Waals surface area contributed by atoms with Gasteiger partial charge in [-0.1, -0.05) is 6.07 Å². The summed E-state index contributed by atoms with van der Waals surface area (Å²) in [7, 11) is 0. The van der Waals surface area contributed by atoms with E-state index in [1.54, 1.807) is 0 Å². The normalized spacial score (nSPS) is 13.7. The van der Waals surface area contributed by atoms with Gasteiger partial charge in [-0.25, -0.2) is 4.79 Å². The highest BCUT2D eigenvalue weighted by Gasteiger charge is 2.25. The third-order valence-corrected chi connectivity index (χ3v) is 2.32. The Bertz CT molecular complexity index is 473. The first-order valence-electron chi connectivity index (χ1n) is 5.05. The first-order chi connectivity index (χ1) is 8.34. The van der Waals surface area contributed by atoms with E-state index in [4.69, 9.17) is 15.6 Å². The van der Waals surface area contributed by atoms with Crippen LogP contribution in [0.1, 0.15) is 17.3 Å². The molecule has 0 saturated carbocycles. The van der Waals surface area contributed by atoms with Crippen molar-refractivity contribution in [2.45, 2.75) is 19.1 Å². The number of hydrogen-bond acceptors (Lipinski definition) is 6. The summed E-state index contributed by atoms with van der Waals surface area (Å²) in [5.41, 5.74) is 5.00. The zero-order valence-electron chi connectivity index (χ0n) is 9.53. The molecule has 18 heavy (non-hydrogen) atoms. The van der Waals surface area contributed by atoms with Crippen molar-refractivity contribution in [3.05, 3.63) is 23.8 Å². The van der Waals surface area contributed by atoms with Crippen molar-refractivity contribution in [1.82, 2.24) is 0 Å². The Kier molecular flexibility index (Phi) is 4.11. The number of esters is 1. The smallest absolute Gasteiger partial charge is 0.342 e. The van der Waals surface area contributed by atoms with Crippen LogP contribution >= 0.6 is 0 Å². The zero-order chi connectivity index (χ0) is 13.9. The van der Waals surface area contributed by atoms with E-state index in [-0.39, 0.29) is 5.56 Å². The van der Waals surface area contributed by atoms with Gasteiger partial charge >= 0.3 is 11.9 Å². The van der Waals surface area contributed by atoms with Gasteiger partial charge < -0.3 is 25.8 Å². The average molecular weight is 255 g/mol. The van der Waals surface area contributed by atoms with E-state index in [0.29, 0.717) is 0 Å². The SMILES string of the molecule is C[C@H](OC(=O)c1cccc(O)c1O)[C@H](N)C(=O)O.